The molecular formula is C17H19NO5S. The summed E-state index contributed by atoms with van der Waals surface area (Å²) in [5, 5.41) is 0. The van der Waals surface area contributed by atoms with Gasteiger partial charge in [-0.25, -0.2) is 17.9 Å². The van der Waals surface area contributed by atoms with Crippen molar-refractivity contribution in [3.8, 4) is 0 Å². The Hall–Kier alpha value is -2.38. The fourth-order valence-electron chi connectivity index (χ4n) is 1.84. The zero-order chi connectivity index (χ0) is 17.4. The van der Waals surface area contributed by atoms with Gasteiger partial charge in [0.1, 0.15) is 5.76 Å². The van der Waals surface area contributed by atoms with Crippen molar-refractivity contribution in [2.24, 2.45) is 0 Å². The van der Waals surface area contributed by atoms with Gasteiger partial charge in [-0.15, -0.1) is 0 Å². The highest BCUT2D eigenvalue weighted by Crippen LogP contribution is 2.12. The predicted octanol–water partition coefficient (Wildman–Crippen LogP) is 2.72. The maximum Gasteiger partial charge on any atom is 0.330 e. The van der Waals surface area contributed by atoms with Crippen molar-refractivity contribution in [2.75, 3.05) is 6.61 Å². The normalized spacial score (nSPS) is 11.7. The molecule has 1 aromatic carbocycles. The van der Waals surface area contributed by atoms with Gasteiger partial charge in [0.25, 0.3) is 0 Å². The van der Waals surface area contributed by atoms with Crippen LogP contribution in [-0.2, 0) is 26.1 Å². The molecule has 2 aromatic rings. The summed E-state index contributed by atoms with van der Waals surface area (Å²) in [7, 11) is -3.62. The van der Waals surface area contributed by atoms with Crippen LogP contribution >= 0.6 is 0 Å². The van der Waals surface area contributed by atoms with E-state index in [-0.39, 0.29) is 11.4 Å². The third kappa shape index (κ3) is 5.36. The Morgan fingerprint density at radius 3 is 2.62 bits per heavy atom. The Kier molecular flexibility index (Phi) is 6.34. The van der Waals surface area contributed by atoms with E-state index in [1.54, 1.807) is 30.3 Å². The number of benzene rings is 1. The standard InChI is InChI=1S/C17H19NO5S/c1-2-11-23-17(19)10-7-14-5-8-16(9-6-14)24(20,21)18-13-15-4-3-12-22-15/h3-10,12,18H,2,11,13H2,1H3. The number of furan rings is 1. The lowest BCUT2D eigenvalue weighted by atomic mass is 10.2. The quantitative estimate of drug-likeness (QED) is 0.585. The monoisotopic (exact) mass is 349 g/mol. The summed E-state index contributed by atoms with van der Waals surface area (Å²) in [5.74, 6) is 0.109. The molecule has 128 valence electrons. The van der Waals surface area contributed by atoms with E-state index in [1.165, 1.54) is 24.5 Å². The minimum Gasteiger partial charge on any atom is -0.468 e. The van der Waals surface area contributed by atoms with Gasteiger partial charge in [0, 0.05) is 6.08 Å². The van der Waals surface area contributed by atoms with Crippen LogP contribution in [0.3, 0.4) is 0 Å². The second kappa shape index (κ2) is 8.47. The van der Waals surface area contributed by atoms with E-state index < -0.39 is 16.0 Å². The first-order valence-corrected chi connectivity index (χ1v) is 8.96. The van der Waals surface area contributed by atoms with Gasteiger partial charge >= 0.3 is 5.97 Å². The number of nitrogens with one attached hydrogen (secondary N) is 1. The Balaban J connectivity index is 1.97. The Morgan fingerprint density at radius 1 is 1.25 bits per heavy atom. The molecule has 2 rings (SSSR count). The smallest absolute Gasteiger partial charge is 0.330 e. The van der Waals surface area contributed by atoms with E-state index in [4.69, 9.17) is 9.15 Å². The van der Waals surface area contributed by atoms with Crippen LogP contribution in [-0.4, -0.2) is 21.0 Å². The summed E-state index contributed by atoms with van der Waals surface area (Å²) in [4.78, 5) is 11.5. The van der Waals surface area contributed by atoms with Crippen molar-refractivity contribution in [1.82, 2.24) is 4.72 Å². The van der Waals surface area contributed by atoms with E-state index in [0.717, 1.165) is 6.42 Å². The molecule has 1 N–H and O–H groups in total. The maximum atomic E-state index is 12.2. The van der Waals surface area contributed by atoms with Crippen LogP contribution in [0.5, 0.6) is 0 Å². The fraction of sp³-hybridized carbons (Fsp3) is 0.235. The van der Waals surface area contributed by atoms with Gasteiger partial charge in [-0.05, 0) is 42.3 Å². The average molecular weight is 349 g/mol. The summed E-state index contributed by atoms with van der Waals surface area (Å²) in [6.07, 6.45) is 5.13. The second-order valence-corrected chi connectivity index (χ2v) is 6.74. The summed E-state index contributed by atoms with van der Waals surface area (Å²) >= 11 is 0. The molecule has 1 aromatic heterocycles. The van der Waals surface area contributed by atoms with Crippen LogP contribution in [0, 0.1) is 0 Å². The van der Waals surface area contributed by atoms with Gasteiger partial charge in [-0.2, -0.15) is 0 Å². The molecule has 0 radical (unpaired) electrons. The van der Waals surface area contributed by atoms with Crippen molar-refractivity contribution in [2.45, 2.75) is 24.8 Å². The molecule has 0 spiro atoms. The minimum atomic E-state index is -3.62. The van der Waals surface area contributed by atoms with Crippen molar-refractivity contribution in [3.05, 3.63) is 60.1 Å². The van der Waals surface area contributed by atoms with E-state index in [0.29, 0.717) is 17.9 Å². The molecular weight excluding hydrogens is 330 g/mol. The van der Waals surface area contributed by atoms with Crippen LogP contribution in [0.15, 0.2) is 58.1 Å². The lowest BCUT2D eigenvalue weighted by Gasteiger charge is -2.05. The molecule has 0 saturated heterocycles. The second-order valence-electron chi connectivity index (χ2n) is 4.97. The summed E-state index contributed by atoms with van der Waals surface area (Å²) in [6, 6.07) is 9.56. The van der Waals surface area contributed by atoms with E-state index in [9.17, 15) is 13.2 Å². The molecule has 6 nitrogen and oxygen atoms in total. The first kappa shape index (κ1) is 18.0. The molecule has 0 fully saturated rings. The number of carbonyl (C=O) groups excluding carboxylic acids is 1. The zero-order valence-corrected chi connectivity index (χ0v) is 14.1. The van der Waals surface area contributed by atoms with Crippen molar-refractivity contribution in [3.63, 3.8) is 0 Å². The number of carbonyl (C=O) groups is 1. The molecule has 0 aliphatic carbocycles. The number of ether oxygens (including phenoxy) is 1. The highest BCUT2D eigenvalue weighted by molar-refractivity contribution is 7.89. The third-order valence-electron chi connectivity index (χ3n) is 3.07. The fourth-order valence-corrected chi connectivity index (χ4v) is 2.83. The van der Waals surface area contributed by atoms with E-state index >= 15 is 0 Å². The molecule has 0 bridgehead atoms. The first-order chi connectivity index (χ1) is 11.5. The van der Waals surface area contributed by atoms with Crippen LogP contribution in [0.2, 0.25) is 0 Å². The number of hydrogen-bond donors (Lipinski definition) is 1. The van der Waals surface area contributed by atoms with Gasteiger partial charge in [0.15, 0.2) is 0 Å². The van der Waals surface area contributed by atoms with E-state index in [2.05, 4.69) is 4.72 Å². The average Bonchev–Trinajstić information content (AvgIpc) is 3.10. The number of hydrogen-bond acceptors (Lipinski definition) is 5. The molecule has 0 unspecified atom stereocenters. The lowest BCUT2D eigenvalue weighted by Crippen LogP contribution is -2.22. The van der Waals surface area contributed by atoms with Gasteiger partial charge in [-0.1, -0.05) is 19.1 Å². The SMILES string of the molecule is CCCOC(=O)C=Cc1ccc(S(=O)(=O)NCc2ccco2)cc1. The number of esters is 1. The van der Waals surface area contributed by atoms with Crippen LogP contribution in [0.1, 0.15) is 24.7 Å². The Labute approximate surface area is 141 Å². The zero-order valence-electron chi connectivity index (χ0n) is 13.3. The van der Waals surface area contributed by atoms with Crippen molar-refractivity contribution < 1.29 is 22.4 Å². The van der Waals surface area contributed by atoms with Crippen LogP contribution < -0.4 is 4.72 Å². The topological polar surface area (TPSA) is 85.6 Å². The third-order valence-corrected chi connectivity index (χ3v) is 4.48. The van der Waals surface area contributed by atoms with Crippen molar-refractivity contribution >= 4 is 22.1 Å². The highest BCUT2D eigenvalue weighted by Gasteiger charge is 2.13. The summed E-state index contributed by atoms with van der Waals surface area (Å²) in [6.45, 7) is 2.37. The van der Waals surface area contributed by atoms with Gasteiger partial charge in [0.2, 0.25) is 10.0 Å². The lowest BCUT2D eigenvalue weighted by molar-refractivity contribution is -0.137. The van der Waals surface area contributed by atoms with Gasteiger partial charge < -0.3 is 9.15 Å². The van der Waals surface area contributed by atoms with E-state index in [1.807, 2.05) is 6.92 Å². The molecule has 0 atom stereocenters. The van der Waals surface area contributed by atoms with Crippen LogP contribution in [0.25, 0.3) is 6.08 Å². The first-order valence-electron chi connectivity index (χ1n) is 7.48. The van der Waals surface area contributed by atoms with Crippen molar-refractivity contribution in [1.29, 1.82) is 0 Å². The number of rotatable bonds is 8. The molecule has 7 heteroatoms. The summed E-state index contributed by atoms with van der Waals surface area (Å²) in [5.41, 5.74) is 0.702. The molecule has 0 aliphatic heterocycles. The Bertz CT molecular complexity index is 777. The molecule has 0 aliphatic rings. The minimum absolute atomic E-state index is 0.0836. The molecule has 1 heterocycles. The van der Waals surface area contributed by atoms with Gasteiger partial charge in [-0.3, -0.25) is 0 Å². The molecule has 24 heavy (non-hydrogen) atoms. The predicted molar refractivity (Wildman–Crippen MR) is 89.5 cm³/mol. The van der Waals surface area contributed by atoms with Gasteiger partial charge in [0.05, 0.1) is 24.3 Å². The molecule has 0 amide bonds. The van der Waals surface area contributed by atoms with Crippen LogP contribution in [0.4, 0.5) is 0 Å². The maximum absolute atomic E-state index is 12.2. The summed E-state index contributed by atoms with van der Waals surface area (Å²) < 4.78 is 36.8. The Morgan fingerprint density at radius 2 is 2.00 bits per heavy atom. The highest BCUT2D eigenvalue weighted by atomic mass is 32.2. The molecule has 0 saturated carbocycles. The largest absolute Gasteiger partial charge is 0.468 e. The number of sulfonamides is 1.